The van der Waals surface area contributed by atoms with Crippen molar-refractivity contribution in [3.8, 4) is 11.5 Å². The van der Waals surface area contributed by atoms with Crippen molar-refractivity contribution < 1.29 is 19.0 Å². The lowest BCUT2D eigenvalue weighted by Crippen LogP contribution is -2.49. The first-order valence-corrected chi connectivity index (χ1v) is 16.9. The molecule has 4 aliphatic heterocycles. The highest BCUT2D eigenvalue weighted by Crippen LogP contribution is 2.47. The number of rotatable bonds is 6. The average molecular weight is 633 g/mol. The van der Waals surface area contributed by atoms with Crippen LogP contribution in [0.1, 0.15) is 57.3 Å². The summed E-state index contributed by atoms with van der Waals surface area (Å²) in [7, 11) is 0. The highest BCUT2D eigenvalue weighted by atomic mass is 19.1. The van der Waals surface area contributed by atoms with Crippen LogP contribution in [-0.2, 0) is 6.54 Å². The monoisotopic (exact) mass is 632 g/mol. The van der Waals surface area contributed by atoms with Gasteiger partial charge in [0.1, 0.15) is 17.3 Å². The molecule has 2 atom stereocenters. The number of hydrogen-bond donors (Lipinski definition) is 2. The molecule has 8 rings (SSSR count). The van der Waals surface area contributed by atoms with E-state index in [1.165, 1.54) is 22.9 Å². The molecule has 0 spiro atoms. The number of carbonyl (C=O) groups is 1. The number of benzene rings is 4. The quantitative estimate of drug-likeness (QED) is 0.267. The maximum absolute atomic E-state index is 14.9. The summed E-state index contributed by atoms with van der Waals surface area (Å²) in [6, 6.07) is 28.5. The predicted molar refractivity (Wildman–Crippen MR) is 182 cm³/mol. The fraction of sp³-hybridized carbons (Fsp3) is 0.359. The molecule has 1 unspecified atom stereocenters. The number of ether oxygens (including phenoxy) is 1. The largest absolute Gasteiger partial charge is 0.508 e. The van der Waals surface area contributed by atoms with Crippen LogP contribution in [0.25, 0.3) is 0 Å². The molecule has 7 nitrogen and oxygen atoms in total. The molecular formula is C39H41FN4O3. The van der Waals surface area contributed by atoms with Crippen LogP contribution < -0.4 is 19.9 Å². The molecule has 0 radical (unpaired) electrons. The van der Waals surface area contributed by atoms with E-state index >= 15 is 0 Å². The number of amides is 1. The van der Waals surface area contributed by atoms with Gasteiger partial charge in [0, 0.05) is 87.1 Å². The van der Waals surface area contributed by atoms with Crippen molar-refractivity contribution in [3.63, 3.8) is 0 Å². The number of aromatic hydroxyl groups is 1. The van der Waals surface area contributed by atoms with Crippen molar-refractivity contribution in [2.24, 2.45) is 5.92 Å². The number of hydrogen-bond acceptors (Lipinski definition) is 6. The van der Waals surface area contributed by atoms with Crippen LogP contribution in [-0.4, -0.2) is 68.3 Å². The minimum atomic E-state index is -0.302. The second kappa shape index (κ2) is 12.6. The summed E-state index contributed by atoms with van der Waals surface area (Å²) in [5.41, 5.74) is 6.88. The second-order valence-electron chi connectivity index (χ2n) is 13.5. The first kappa shape index (κ1) is 29.8. The molecule has 4 aromatic rings. The lowest BCUT2D eigenvalue weighted by molar-refractivity contribution is 0.0965. The topological polar surface area (TPSA) is 68.3 Å². The Kier molecular flexibility index (Phi) is 7.97. The van der Waals surface area contributed by atoms with Crippen molar-refractivity contribution in [1.82, 2.24) is 10.2 Å². The summed E-state index contributed by atoms with van der Waals surface area (Å²) in [5.74, 6) is 1.49. The van der Waals surface area contributed by atoms with Gasteiger partial charge in [-0.15, -0.1) is 0 Å². The van der Waals surface area contributed by atoms with Crippen LogP contribution in [0.4, 0.5) is 15.8 Å². The van der Waals surface area contributed by atoms with Gasteiger partial charge in [-0.3, -0.25) is 9.69 Å². The molecule has 0 saturated carbocycles. The zero-order chi connectivity index (χ0) is 31.9. The Morgan fingerprint density at radius 2 is 1.60 bits per heavy atom. The van der Waals surface area contributed by atoms with Gasteiger partial charge in [-0.05, 0) is 65.8 Å². The lowest BCUT2D eigenvalue weighted by atomic mass is 9.76. The highest BCUT2D eigenvalue weighted by Gasteiger charge is 2.34. The highest BCUT2D eigenvalue weighted by molar-refractivity contribution is 5.98. The molecule has 8 heteroatoms. The minimum Gasteiger partial charge on any atom is -0.508 e. The van der Waals surface area contributed by atoms with Gasteiger partial charge < -0.3 is 25.0 Å². The fourth-order valence-corrected chi connectivity index (χ4v) is 8.08. The third kappa shape index (κ3) is 5.91. The average Bonchev–Trinajstić information content (AvgIpc) is 3.47. The Labute approximate surface area is 275 Å². The molecular weight excluding hydrogens is 591 g/mol. The number of fused-ring (bicyclic) bond motifs is 2. The van der Waals surface area contributed by atoms with Crippen LogP contribution in [0, 0.1) is 11.7 Å². The molecule has 47 heavy (non-hydrogen) atoms. The van der Waals surface area contributed by atoms with Gasteiger partial charge in [-0.2, -0.15) is 0 Å². The van der Waals surface area contributed by atoms with Crippen LogP contribution in [0.2, 0.25) is 0 Å². The van der Waals surface area contributed by atoms with Gasteiger partial charge in [0.2, 0.25) is 0 Å². The van der Waals surface area contributed by atoms with E-state index in [9.17, 15) is 14.3 Å². The van der Waals surface area contributed by atoms with E-state index in [0.717, 1.165) is 75.5 Å². The number of nitrogens with zero attached hydrogens (tertiary/aromatic N) is 3. The van der Waals surface area contributed by atoms with E-state index < -0.39 is 0 Å². The summed E-state index contributed by atoms with van der Waals surface area (Å²) < 4.78 is 21.0. The number of piperazine rings is 1. The second-order valence-corrected chi connectivity index (χ2v) is 13.5. The molecule has 1 amide bonds. The normalized spacial score (nSPS) is 21.6. The smallest absolute Gasteiger partial charge is 0.252 e. The summed E-state index contributed by atoms with van der Waals surface area (Å²) >= 11 is 0. The van der Waals surface area contributed by atoms with Crippen LogP contribution >= 0.6 is 0 Å². The lowest BCUT2D eigenvalue weighted by Gasteiger charge is -2.40. The number of carbonyl (C=O) groups excluding carboxylic acids is 1. The van der Waals surface area contributed by atoms with Gasteiger partial charge >= 0.3 is 0 Å². The SMILES string of the molecule is O=C1NCc2cc(N3CCN(CC4CCN(c5ccc([C@@H]6c7ccc(O)cc7OCC6c6ccccc6)cc5)CC4)CC3)c(F)cc21. The third-order valence-electron chi connectivity index (χ3n) is 10.7. The number of nitrogens with one attached hydrogen (secondary N) is 1. The Morgan fingerprint density at radius 1 is 0.830 bits per heavy atom. The summed E-state index contributed by atoms with van der Waals surface area (Å²) in [5, 5.41) is 12.9. The molecule has 242 valence electrons. The van der Waals surface area contributed by atoms with E-state index in [-0.39, 0.29) is 29.3 Å². The van der Waals surface area contributed by atoms with Crippen LogP contribution in [0.3, 0.4) is 0 Å². The van der Waals surface area contributed by atoms with E-state index in [2.05, 4.69) is 68.5 Å². The molecule has 2 N–H and O–H groups in total. The Bertz CT molecular complexity index is 1750. The first-order valence-electron chi connectivity index (χ1n) is 16.9. The van der Waals surface area contributed by atoms with E-state index in [1.807, 2.05) is 18.2 Å². The molecule has 2 saturated heterocycles. The molecule has 0 aromatic heterocycles. The zero-order valence-electron chi connectivity index (χ0n) is 26.6. The molecule has 4 aromatic carbocycles. The molecule has 2 fully saturated rings. The summed E-state index contributed by atoms with van der Waals surface area (Å²) in [6.45, 7) is 7.67. The Hall–Kier alpha value is -4.56. The number of anilines is 2. The maximum Gasteiger partial charge on any atom is 0.252 e. The zero-order valence-corrected chi connectivity index (χ0v) is 26.6. The maximum atomic E-state index is 14.9. The molecule has 0 bridgehead atoms. The summed E-state index contributed by atoms with van der Waals surface area (Å²) in [4.78, 5) is 19.1. The molecule has 4 heterocycles. The van der Waals surface area contributed by atoms with Crippen molar-refractivity contribution in [2.45, 2.75) is 31.2 Å². The number of phenols is 1. The van der Waals surface area contributed by atoms with Gasteiger partial charge in [-0.25, -0.2) is 4.39 Å². The number of phenolic OH excluding ortho intramolecular Hbond substituents is 1. The first-order chi connectivity index (χ1) is 23.0. The molecule has 4 aliphatic rings. The standard InChI is InChI=1S/C39H41FN4O3/c40-35-22-33-29(23-41-39(33)46)20-36(35)44-18-16-42(17-19-44)24-26-12-14-43(15-13-26)30-8-6-28(7-9-30)38-32-11-10-31(45)21-37(32)47-25-34(38)27-4-2-1-3-5-27/h1-11,20-22,26,34,38,45H,12-19,23-25H2,(H,41,46)/t34?,38-/m1/s1. The molecule has 0 aliphatic carbocycles. The Balaban J connectivity index is 0.880. The predicted octanol–water partition coefficient (Wildman–Crippen LogP) is 6.12. The van der Waals surface area contributed by atoms with Crippen molar-refractivity contribution >= 4 is 17.3 Å². The Morgan fingerprint density at radius 3 is 2.36 bits per heavy atom. The van der Waals surface area contributed by atoms with Crippen LogP contribution in [0.15, 0.2) is 84.9 Å². The van der Waals surface area contributed by atoms with Crippen molar-refractivity contribution in [1.29, 1.82) is 0 Å². The van der Waals surface area contributed by atoms with Gasteiger partial charge in [0.05, 0.1) is 12.3 Å². The van der Waals surface area contributed by atoms with Gasteiger partial charge in [-0.1, -0.05) is 48.5 Å². The minimum absolute atomic E-state index is 0.141. The van der Waals surface area contributed by atoms with Gasteiger partial charge in [0.25, 0.3) is 5.91 Å². The fourth-order valence-electron chi connectivity index (χ4n) is 8.08. The van der Waals surface area contributed by atoms with E-state index in [1.54, 1.807) is 12.1 Å². The van der Waals surface area contributed by atoms with Crippen LogP contribution in [0.5, 0.6) is 11.5 Å². The third-order valence-corrected chi connectivity index (χ3v) is 10.7. The van der Waals surface area contributed by atoms with Gasteiger partial charge in [0.15, 0.2) is 0 Å². The van der Waals surface area contributed by atoms with E-state index in [4.69, 9.17) is 4.74 Å². The van der Waals surface area contributed by atoms with Crippen molar-refractivity contribution in [2.75, 3.05) is 62.2 Å². The summed E-state index contributed by atoms with van der Waals surface area (Å²) in [6.07, 6.45) is 2.32. The number of piperidine rings is 1. The van der Waals surface area contributed by atoms with E-state index in [0.29, 0.717) is 30.3 Å². The van der Waals surface area contributed by atoms with Crippen molar-refractivity contribution in [3.05, 3.63) is 119 Å². The number of halogens is 1.